The van der Waals surface area contributed by atoms with E-state index in [1.54, 1.807) is 0 Å². The van der Waals surface area contributed by atoms with Gasteiger partial charge >= 0.3 is 26.1 Å². The zero-order chi connectivity index (χ0) is 16.4. The molecule has 1 aliphatic rings. The molecule has 1 rings (SSSR count). The zero-order valence-electron chi connectivity index (χ0n) is 10.5. The summed E-state index contributed by atoms with van der Waals surface area (Å²) in [4.78, 5) is 0. The van der Waals surface area contributed by atoms with E-state index in [0.717, 1.165) is 0 Å². The lowest BCUT2D eigenvalue weighted by Gasteiger charge is -2.29. The number of phosphoric acid groups is 1. The number of hydrogen-bond donors (Lipinski definition) is 0. The van der Waals surface area contributed by atoms with Crippen molar-refractivity contribution in [1.82, 2.24) is 0 Å². The first kappa shape index (κ1) is 18.7. The molecule has 1 aliphatic heterocycles. The Balaban J connectivity index is 2.63. The number of methoxy groups -OCH3 is 1. The SMILES string of the molecule is COC(F)(F)C(F)(F)OC(F)(F)COP1(=O)OCCCO1. The summed E-state index contributed by atoms with van der Waals surface area (Å²) >= 11 is 0. The molecule has 0 N–H and O–H groups in total. The van der Waals surface area contributed by atoms with Crippen LogP contribution < -0.4 is 0 Å². The van der Waals surface area contributed by atoms with Crippen LogP contribution >= 0.6 is 7.82 Å². The number of alkyl halides is 6. The average molecular weight is 348 g/mol. The first-order valence-electron chi connectivity index (χ1n) is 5.35. The van der Waals surface area contributed by atoms with Crippen molar-refractivity contribution in [3.8, 4) is 0 Å². The second-order valence-corrected chi connectivity index (χ2v) is 5.39. The maximum absolute atomic E-state index is 13.1. The van der Waals surface area contributed by atoms with Crippen LogP contribution in [0.5, 0.6) is 0 Å². The minimum atomic E-state index is -5.64. The van der Waals surface area contributed by atoms with Crippen LogP contribution in [-0.2, 0) is 27.6 Å². The van der Waals surface area contributed by atoms with Crippen LogP contribution in [0.4, 0.5) is 26.3 Å². The monoisotopic (exact) mass is 348 g/mol. The van der Waals surface area contributed by atoms with Gasteiger partial charge in [-0.1, -0.05) is 0 Å². The van der Waals surface area contributed by atoms with Crippen LogP contribution in [0.1, 0.15) is 6.42 Å². The Kier molecular flexibility index (Phi) is 5.67. The molecule has 0 saturated carbocycles. The van der Waals surface area contributed by atoms with Crippen LogP contribution in [0, 0.1) is 0 Å². The topological polar surface area (TPSA) is 63.2 Å². The summed E-state index contributed by atoms with van der Waals surface area (Å²) in [6.45, 7) is -2.29. The van der Waals surface area contributed by atoms with E-state index in [1.165, 1.54) is 0 Å². The molecule has 0 amide bonds. The molecule has 6 nitrogen and oxygen atoms in total. The van der Waals surface area contributed by atoms with Crippen LogP contribution in [0.15, 0.2) is 0 Å². The highest BCUT2D eigenvalue weighted by molar-refractivity contribution is 7.48. The van der Waals surface area contributed by atoms with E-state index in [1.807, 2.05) is 0 Å². The van der Waals surface area contributed by atoms with Crippen molar-refractivity contribution in [3.63, 3.8) is 0 Å². The van der Waals surface area contributed by atoms with E-state index in [0.29, 0.717) is 6.42 Å². The van der Waals surface area contributed by atoms with Crippen LogP contribution in [-0.4, -0.2) is 45.3 Å². The molecule has 0 aromatic carbocycles. The number of ether oxygens (including phenoxy) is 2. The number of hydrogen-bond acceptors (Lipinski definition) is 6. The zero-order valence-corrected chi connectivity index (χ0v) is 11.4. The molecule has 21 heavy (non-hydrogen) atoms. The summed E-state index contributed by atoms with van der Waals surface area (Å²) in [5.41, 5.74) is 0. The van der Waals surface area contributed by atoms with Gasteiger partial charge in [0.2, 0.25) is 0 Å². The lowest BCUT2D eigenvalue weighted by Crippen LogP contribution is -2.49. The predicted molar refractivity (Wildman–Crippen MR) is 53.0 cm³/mol. The maximum Gasteiger partial charge on any atom is 0.475 e. The smallest absolute Gasteiger partial charge is 0.317 e. The molecular formula is C8H11F6O6P. The fraction of sp³-hybridized carbons (Fsp3) is 1.00. The van der Waals surface area contributed by atoms with E-state index < -0.39 is 32.8 Å². The summed E-state index contributed by atoms with van der Waals surface area (Å²) in [7, 11) is -4.17. The van der Waals surface area contributed by atoms with Crippen LogP contribution in [0.3, 0.4) is 0 Å². The van der Waals surface area contributed by atoms with Gasteiger partial charge in [-0.2, -0.15) is 26.3 Å². The normalized spacial score (nSPS) is 20.5. The molecular weight excluding hydrogens is 337 g/mol. The van der Waals surface area contributed by atoms with E-state index in [-0.39, 0.29) is 20.3 Å². The largest absolute Gasteiger partial charge is 0.475 e. The minimum absolute atomic E-state index is 0.123. The van der Waals surface area contributed by atoms with Crippen molar-refractivity contribution >= 4 is 7.82 Å². The fourth-order valence-electron chi connectivity index (χ4n) is 1.07. The highest BCUT2D eigenvalue weighted by Crippen LogP contribution is 2.52. The van der Waals surface area contributed by atoms with Crippen molar-refractivity contribution in [3.05, 3.63) is 0 Å². The second kappa shape index (κ2) is 6.39. The van der Waals surface area contributed by atoms with E-state index in [9.17, 15) is 30.9 Å². The van der Waals surface area contributed by atoms with Crippen molar-refractivity contribution in [2.45, 2.75) is 24.7 Å². The second-order valence-electron chi connectivity index (χ2n) is 3.72. The van der Waals surface area contributed by atoms with Crippen molar-refractivity contribution in [2.24, 2.45) is 0 Å². The molecule has 1 heterocycles. The molecule has 1 fully saturated rings. The Labute approximate surface area is 114 Å². The molecule has 0 atom stereocenters. The molecule has 126 valence electrons. The summed E-state index contributed by atoms with van der Waals surface area (Å²) in [5.74, 6) is 0. The standard InChI is InChI=1S/C8H11F6O6P/c1-16-7(11,12)8(13,14)20-6(9,10)5-19-21(15)17-3-2-4-18-21/h2-5H2,1H3. The quantitative estimate of drug-likeness (QED) is 0.521. The Bertz CT molecular complexity index is 395. The Morgan fingerprint density at radius 3 is 2.05 bits per heavy atom. The first-order chi connectivity index (χ1) is 9.43. The van der Waals surface area contributed by atoms with Gasteiger partial charge in [0.1, 0.15) is 6.61 Å². The fourth-order valence-corrected chi connectivity index (χ4v) is 2.31. The van der Waals surface area contributed by atoms with Crippen LogP contribution in [0.25, 0.3) is 0 Å². The van der Waals surface area contributed by atoms with Crippen LogP contribution in [0.2, 0.25) is 0 Å². The average Bonchev–Trinajstić information content (AvgIpc) is 2.36. The predicted octanol–water partition coefficient (Wildman–Crippen LogP) is 2.99. The molecule has 0 aliphatic carbocycles. The third kappa shape index (κ3) is 5.08. The molecule has 0 bridgehead atoms. The van der Waals surface area contributed by atoms with Gasteiger partial charge in [0.15, 0.2) is 0 Å². The maximum atomic E-state index is 13.1. The van der Waals surface area contributed by atoms with E-state index in [2.05, 4.69) is 23.0 Å². The van der Waals surface area contributed by atoms with Gasteiger partial charge in [0.05, 0.1) is 13.2 Å². The number of halogens is 6. The lowest BCUT2D eigenvalue weighted by molar-refractivity contribution is -0.479. The molecule has 1 saturated heterocycles. The summed E-state index contributed by atoms with van der Waals surface area (Å²) in [6, 6.07) is 0. The molecule has 0 spiro atoms. The lowest BCUT2D eigenvalue weighted by atomic mass is 10.5. The summed E-state index contributed by atoms with van der Waals surface area (Å²) in [5, 5.41) is 0. The number of phosphoric ester groups is 1. The van der Waals surface area contributed by atoms with Crippen molar-refractivity contribution < 1.29 is 54.0 Å². The molecule has 0 radical (unpaired) electrons. The van der Waals surface area contributed by atoms with Gasteiger partial charge in [-0.25, -0.2) is 9.30 Å². The van der Waals surface area contributed by atoms with Gasteiger partial charge < -0.3 is 4.74 Å². The summed E-state index contributed by atoms with van der Waals surface area (Å²) < 4.78 is 107. The van der Waals surface area contributed by atoms with E-state index >= 15 is 0 Å². The van der Waals surface area contributed by atoms with Crippen molar-refractivity contribution in [1.29, 1.82) is 0 Å². The molecule has 0 aromatic heterocycles. The van der Waals surface area contributed by atoms with Gasteiger partial charge in [0, 0.05) is 7.11 Å². The number of rotatable bonds is 7. The highest BCUT2D eigenvalue weighted by atomic mass is 31.2. The summed E-state index contributed by atoms with van der Waals surface area (Å²) in [6.07, 6.45) is -15.5. The van der Waals surface area contributed by atoms with Crippen molar-refractivity contribution in [2.75, 3.05) is 26.9 Å². The molecule has 13 heteroatoms. The molecule has 0 unspecified atom stereocenters. The Morgan fingerprint density at radius 2 is 1.57 bits per heavy atom. The first-order valence-corrected chi connectivity index (χ1v) is 6.81. The van der Waals surface area contributed by atoms with Gasteiger partial charge in [0.25, 0.3) is 0 Å². The van der Waals surface area contributed by atoms with Gasteiger partial charge in [-0.3, -0.25) is 13.6 Å². The minimum Gasteiger partial charge on any atom is -0.317 e. The Morgan fingerprint density at radius 1 is 1.05 bits per heavy atom. The van der Waals surface area contributed by atoms with Gasteiger partial charge in [-0.15, -0.1) is 0 Å². The van der Waals surface area contributed by atoms with E-state index in [4.69, 9.17) is 0 Å². The Hall–Kier alpha value is -0.390. The highest BCUT2D eigenvalue weighted by Gasteiger charge is 2.64. The molecule has 0 aromatic rings. The van der Waals surface area contributed by atoms with Gasteiger partial charge in [-0.05, 0) is 6.42 Å². The third-order valence-corrected chi connectivity index (χ3v) is 3.49. The third-order valence-electron chi connectivity index (χ3n) is 2.05.